The van der Waals surface area contributed by atoms with Gasteiger partial charge in [0.25, 0.3) is 0 Å². The van der Waals surface area contributed by atoms with Crippen LogP contribution in [0.5, 0.6) is 0 Å². The molecule has 8 rings (SSSR count). The second-order valence-electron chi connectivity index (χ2n) is 10.8. The Morgan fingerprint density at radius 3 is 1.95 bits per heavy atom. The summed E-state index contributed by atoms with van der Waals surface area (Å²) < 4.78 is 4.41. The number of aromatic nitrogens is 3. The largest absolute Gasteiger partial charge is 0.309 e. The molecule has 8 aromatic rings. The van der Waals surface area contributed by atoms with E-state index in [9.17, 15) is 4.79 Å². The van der Waals surface area contributed by atoms with Gasteiger partial charge in [0.1, 0.15) is 5.82 Å². The molecule has 0 spiro atoms. The average molecular weight is 554 g/mol. The Bertz CT molecular complexity index is 2220. The van der Waals surface area contributed by atoms with Crippen molar-refractivity contribution in [3.05, 3.63) is 162 Å². The zero-order chi connectivity index (χ0) is 28.8. The van der Waals surface area contributed by atoms with Crippen LogP contribution in [0.1, 0.15) is 21.5 Å². The van der Waals surface area contributed by atoms with Crippen molar-refractivity contribution < 1.29 is 4.79 Å². The van der Waals surface area contributed by atoms with Crippen LogP contribution in [0.15, 0.2) is 146 Å². The summed E-state index contributed by atoms with van der Waals surface area (Å²) in [4.78, 5) is 18.0. The Morgan fingerprint density at radius 2 is 1.26 bits per heavy atom. The number of carbonyl (C=O) groups excluding carboxylic acids is 1. The number of imidazole rings is 1. The molecule has 2 aromatic heterocycles. The number of carbonyl (C=O) groups is 1. The van der Waals surface area contributed by atoms with Crippen LogP contribution < -0.4 is 0 Å². The Kier molecular flexibility index (Phi) is 5.97. The number of hydrogen-bond donors (Lipinski definition) is 0. The van der Waals surface area contributed by atoms with Crippen molar-refractivity contribution in [1.82, 2.24) is 14.1 Å². The summed E-state index contributed by atoms with van der Waals surface area (Å²) in [5.74, 6) is 0.809. The third-order valence-corrected chi connectivity index (χ3v) is 8.25. The van der Waals surface area contributed by atoms with E-state index < -0.39 is 0 Å². The van der Waals surface area contributed by atoms with Crippen LogP contribution >= 0.6 is 0 Å². The normalized spacial score (nSPS) is 11.4. The van der Waals surface area contributed by atoms with Gasteiger partial charge in [-0.15, -0.1) is 0 Å². The number of aldehydes is 1. The minimum atomic E-state index is 0.602. The van der Waals surface area contributed by atoms with Crippen molar-refractivity contribution in [3.63, 3.8) is 0 Å². The predicted molar refractivity (Wildman–Crippen MR) is 175 cm³/mol. The SMILES string of the molecule is O=Cc1cc(-n2c3ccccc3c3ccccc32)ccc1-n1c(-c2ccccc2)nc2cccc(Cc3ccccc3)c21. The second kappa shape index (κ2) is 10.3. The van der Waals surface area contributed by atoms with Gasteiger partial charge in [0.2, 0.25) is 0 Å². The zero-order valence-corrected chi connectivity index (χ0v) is 23.4. The molecule has 43 heavy (non-hydrogen) atoms. The van der Waals surface area contributed by atoms with Crippen molar-refractivity contribution in [2.45, 2.75) is 6.42 Å². The first kappa shape index (κ1) is 25.0. The molecule has 0 saturated carbocycles. The highest BCUT2D eigenvalue weighted by Gasteiger charge is 2.20. The topological polar surface area (TPSA) is 39.8 Å². The molecule has 0 unspecified atom stereocenters. The molecular formula is C39H27N3O. The zero-order valence-electron chi connectivity index (χ0n) is 23.4. The van der Waals surface area contributed by atoms with Crippen LogP contribution in [0.3, 0.4) is 0 Å². The van der Waals surface area contributed by atoms with Gasteiger partial charge in [-0.25, -0.2) is 4.98 Å². The van der Waals surface area contributed by atoms with Crippen LogP contribution in [-0.2, 0) is 6.42 Å². The summed E-state index contributed by atoms with van der Waals surface area (Å²) in [6.07, 6.45) is 1.72. The fourth-order valence-electron chi connectivity index (χ4n) is 6.35. The van der Waals surface area contributed by atoms with Crippen molar-refractivity contribution in [2.75, 3.05) is 0 Å². The standard InChI is InChI=1S/C39H27N3O/c43-26-30-25-31(41-36-20-9-7-17-32(36)33-18-8-10-21-37(33)41)22-23-35(30)42-38-29(24-27-12-3-1-4-13-27)16-11-19-34(38)40-39(42)28-14-5-2-6-15-28/h1-23,25-26H,24H2. The van der Waals surface area contributed by atoms with Gasteiger partial charge in [-0.3, -0.25) is 9.36 Å². The third kappa shape index (κ3) is 4.15. The Labute approximate surface area is 249 Å². The van der Waals surface area contributed by atoms with Gasteiger partial charge < -0.3 is 4.57 Å². The van der Waals surface area contributed by atoms with E-state index in [0.717, 1.165) is 63.1 Å². The fraction of sp³-hybridized carbons (Fsp3) is 0.0256. The molecule has 0 N–H and O–H groups in total. The lowest BCUT2D eigenvalue weighted by molar-refractivity contribution is 0.112. The quantitative estimate of drug-likeness (QED) is 0.193. The molecule has 0 atom stereocenters. The lowest BCUT2D eigenvalue weighted by atomic mass is 10.0. The van der Waals surface area contributed by atoms with Gasteiger partial charge >= 0.3 is 0 Å². The molecule has 2 heterocycles. The molecule has 0 amide bonds. The summed E-state index contributed by atoms with van der Waals surface area (Å²) in [6, 6.07) is 50.0. The van der Waals surface area contributed by atoms with Gasteiger partial charge in [-0.05, 0) is 53.9 Å². The highest BCUT2D eigenvalue weighted by Crippen LogP contribution is 2.36. The predicted octanol–water partition coefficient (Wildman–Crippen LogP) is 9.19. The van der Waals surface area contributed by atoms with Crippen molar-refractivity contribution in [3.8, 4) is 22.8 Å². The van der Waals surface area contributed by atoms with Gasteiger partial charge in [0.05, 0.1) is 27.8 Å². The van der Waals surface area contributed by atoms with Crippen molar-refractivity contribution in [1.29, 1.82) is 0 Å². The van der Waals surface area contributed by atoms with Gasteiger partial charge in [-0.2, -0.15) is 0 Å². The molecule has 0 fully saturated rings. The van der Waals surface area contributed by atoms with Crippen LogP contribution in [0, 0.1) is 0 Å². The smallest absolute Gasteiger partial charge is 0.152 e. The number of para-hydroxylation sites is 3. The van der Waals surface area contributed by atoms with E-state index in [1.54, 1.807) is 0 Å². The molecule has 0 bridgehead atoms. The highest BCUT2D eigenvalue weighted by molar-refractivity contribution is 6.09. The van der Waals surface area contributed by atoms with Gasteiger partial charge in [0, 0.05) is 27.6 Å². The Morgan fingerprint density at radius 1 is 0.605 bits per heavy atom. The molecule has 0 saturated heterocycles. The van der Waals surface area contributed by atoms with E-state index in [2.05, 4.69) is 124 Å². The fourth-order valence-corrected chi connectivity index (χ4v) is 6.35. The maximum Gasteiger partial charge on any atom is 0.152 e. The van der Waals surface area contributed by atoms with E-state index in [1.165, 1.54) is 16.3 Å². The maximum absolute atomic E-state index is 12.9. The number of fused-ring (bicyclic) bond motifs is 4. The van der Waals surface area contributed by atoms with Crippen LogP contribution in [0.2, 0.25) is 0 Å². The third-order valence-electron chi connectivity index (χ3n) is 8.25. The van der Waals surface area contributed by atoms with Crippen molar-refractivity contribution >= 4 is 39.1 Å². The average Bonchev–Trinajstić information content (AvgIpc) is 3.62. The minimum Gasteiger partial charge on any atom is -0.309 e. The summed E-state index contributed by atoms with van der Waals surface area (Å²) in [6.45, 7) is 0. The van der Waals surface area contributed by atoms with E-state index >= 15 is 0 Å². The van der Waals surface area contributed by atoms with Gasteiger partial charge in [-0.1, -0.05) is 109 Å². The lowest BCUT2D eigenvalue weighted by Crippen LogP contribution is -2.05. The number of rotatable bonds is 6. The molecule has 204 valence electrons. The van der Waals surface area contributed by atoms with Crippen LogP contribution in [-0.4, -0.2) is 20.4 Å². The summed E-state index contributed by atoms with van der Waals surface area (Å²) in [5.41, 5.74) is 9.85. The van der Waals surface area contributed by atoms with Crippen LogP contribution in [0.25, 0.3) is 55.6 Å². The first-order valence-corrected chi connectivity index (χ1v) is 14.5. The lowest BCUT2D eigenvalue weighted by Gasteiger charge is -2.16. The first-order valence-electron chi connectivity index (χ1n) is 14.5. The Balaban J connectivity index is 1.39. The Hall–Kier alpha value is -5.74. The number of nitrogens with zero attached hydrogens (tertiary/aromatic N) is 3. The summed E-state index contributed by atoms with van der Waals surface area (Å²) >= 11 is 0. The molecular weight excluding hydrogens is 526 g/mol. The monoisotopic (exact) mass is 553 g/mol. The molecule has 0 aliphatic rings. The summed E-state index contributed by atoms with van der Waals surface area (Å²) in [7, 11) is 0. The van der Waals surface area contributed by atoms with E-state index in [4.69, 9.17) is 4.98 Å². The molecule has 0 aliphatic carbocycles. The second-order valence-corrected chi connectivity index (χ2v) is 10.8. The van der Waals surface area contributed by atoms with E-state index in [0.29, 0.717) is 5.56 Å². The van der Waals surface area contributed by atoms with Gasteiger partial charge in [0.15, 0.2) is 6.29 Å². The highest BCUT2D eigenvalue weighted by atomic mass is 16.1. The minimum absolute atomic E-state index is 0.602. The molecule has 4 heteroatoms. The molecule has 6 aromatic carbocycles. The van der Waals surface area contributed by atoms with E-state index in [1.807, 2.05) is 30.3 Å². The van der Waals surface area contributed by atoms with E-state index in [-0.39, 0.29) is 0 Å². The first-order chi connectivity index (χ1) is 21.3. The molecule has 0 aliphatic heterocycles. The summed E-state index contributed by atoms with van der Waals surface area (Å²) in [5, 5.41) is 2.37. The molecule has 0 radical (unpaired) electrons. The molecule has 4 nitrogen and oxygen atoms in total. The number of hydrogen-bond acceptors (Lipinski definition) is 2. The maximum atomic E-state index is 12.9. The van der Waals surface area contributed by atoms with Crippen LogP contribution in [0.4, 0.5) is 0 Å². The number of benzene rings is 6. The van der Waals surface area contributed by atoms with Crippen molar-refractivity contribution in [2.24, 2.45) is 0 Å².